The average Bonchev–Trinajstić information content (AvgIpc) is 3.26. The maximum atomic E-state index is 12.0. The van der Waals surface area contributed by atoms with E-state index < -0.39 is 10.0 Å². The van der Waals surface area contributed by atoms with Crippen LogP contribution in [-0.4, -0.2) is 45.5 Å². The molecule has 110 valence electrons. The van der Waals surface area contributed by atoms with Gasteiger partial charge in [-0.15, -0.1) is 0 Å². The summed E-state index contributed by atoms with van der Waals surface area (Å²) in [5, 5.41) is 3.34. The molecule has 1 aliphatic heterocycles. The first kappa shape index (κ1) is 13.8. The highest BCUT2D eigenvalue weighted by atomic mass is 32.2. The number of hydrogen-bond acceptors (Lipinski definition) is 4. The Bertz CT molecular complexity index is 404. The Morgan fingerprint density at radius 1 is 1.11 bits per heavy atom. The molecular weight excluding hydrogens is 264 g/mol. The number of sulfonamides is 1. The zero-order valence-electron chi connectivity index (χ0n) is 11.3. The van der Waals surface area contributed by atoms with Gasteiger partial charge in [0.1, 0.15) is 0 Å². The quantitative estimate of drug-likeness (QED) is 0.642. The molecule has 19 heavy (non-hydrogen) atoms. The van der Waals surface area contributed by atoms with E-state index in [1.54, 1.807) is 0 Å². The number of nitrogens with one attached hydrogen (secondary N) is 2. The minimum atomic E-state index is -3.15. The van der Waals surface area contributed by atoms with Crippen LogP contribution in [0.5, 0.6) is 0 Å². The molecule has 2 aliphatic carbocycles. The van der Waals surface area contributed by atoms with E-state index in [1.165, 1.54) is 25.7 Å². The fraction of sp³-hybridized carbons (Fsp3) is 1.00. The molecule has 0 radical (unpaired) electrons. The van der Waals surface area contributed by atoms with Crippen LogP contribution in [0.25, 0.3) is 0 Å². The number of hydrogen-bond donors (Lipinski definition) is 2. The molecule has 0 aromatic rings. The lowest BCUT2D eigenvalue weighted by Crippen LogP contribution is -2.42. The topological polar surface area (TPSA) is 67.4 Å². The van der Waals surface area contributed by atoms with Crippen molar-refractivity contribution in [3.05, 3.63) is 0 Å². The van der Waals surface area contributed by atoms with Crippen LogP contribution in [0.1, 0.15) is 38.5 Å². The van der Waals surface area contributed by atoms with Crippen LogP contribution in [0.2, 0.25) is 0 Å². The molecule has 0 spiro atoms. The van der Waals surface area contributed by atoms with Crippen molar-refractivity contribution in [1.29, 1.82) is 0 Å². The van der Waals surface area contributed by atoms with Crippen molar-refractivity contribution >= 4 is 10.0 Å². The van der Waals surface area contributed by atoms with Crippen LogP contribution in [0.4, 0.5) is 0 Å². The molecule has 3 fully saturated rings. The summed E-state index contributed by atoms with van der Waals surface area (Å²) in [5.41, 5.74) is 0. The van der Waals surface area contributed by atoms with Crippen LogP contribution < -0.4 is 10.0 Å². The van der Waals surface area contributed by atoms with Gasteiger partial charge in [0.15, 0.2) is 0 Å². The summed E-state index contributed by atoms with van der Waals surface area (Å²) in [6.07, 6.45) is 6.50. The minimum absolute atomic E-state index is 0.00823. The second-order valence-electron chi connectivity index (χ2n) is 6.09. The highest BCUT2D eigenvalue weighted by Gasteiger charge is 2.41. The van der Waals surface area contributed by atoms with E-state index in [-0.39, 0.29) is 17.9 Å². The van der Waals surface area contributed by atoms with Crippen molar-refractivity contribution in [2.45, 2.75) is 56.7 Å². The summed E-state index contributed by atoms with van der Waals surface area (Å²) in [7, 11) is -3.15. The monoisotopic (exact) mass is 288 g/mol. The molecule has 0 amide bonds. The maximum Gasteiger partial charge on any atom is 0.211 e. The first-order valence-electron chi connectivity index (χ1n) is 7.49. The Morgan fingerprint density at radius 2 is 1.89 bits per heavy atom. The fourth-order valence-corrected chi connectivity index (χ4v) is 4.13. The number of ether oxygens (including phenoxy) is 1. The van der Waals surface area contributed by atoms with Crippen molar-refractivity contribution in [2.24, 2.45) is 5.92 Å². The van der Waals surface area contributed by atoms with Crippen molar-refractivity contribution in [1.82, 2.24) is 10.0 Å². The Morgan fingerprint density at radius 3 is 2.58 bits per heavy atom. The lowest BCUT2D eigenvalue weighted by molar-refractivity contribution is 0.0848. The highest BCUT2D eigenvalue weighted by molar-refractivity contribution is 7.89. The molecule has 2 saturated carbocycles. The largest absolute Gasteiger partial charge is 0.376 e. The summed E-state index contributed by atoms with van der Waals surface area (Å²) in [6.45, 7) is 1.50. The maximum absolute atomic E-state index is 12.0. The number of rotatable bonds is 8. The van der Waals surface area contributed by atoms with Crippen LogP contribution >= 0.6 is 0 Å². The molecule has 2 atom stereocenters. The van der Waals surface area contributed by atoms with Gasteiger partial charge in [0.05, 0.1) is 17.9 Å². The molecule has 0 aromatic carbocycles. The van der Waals surface area contributed by atoms with E-state index >= 15 is 0 Å². The van der Waals surface area contributed by atoms with Crippen LogP contribution in [0.3, 0.4) is 0 Å². The summed E-state index contributed by atoms with van der Waals surface area (Å²) in [6, 6.07) is 0.659. The summed E-state index contributed by atoms with van der Waals surface area (Å²) in [5.74, 6) is 0.812. The molecule has 0 aromatic heterocycles. The van der Waals surface area contributed by atoms with Gasteiger partial charge in [0.2, 0.25) is 10.0 Å². The normalized spacial score (nSPS) is 31.8. The second-order valence-corrected chi connectivity index (χ2v) is 7.96. The molecule has 5 nitrogen and oxygen atoms in total. The van der Waals surface area contributed by atoms with E-state index in [2.05, 4.69) is 10.0 Å². The summed E-state index contributed by atoms with van der Waals surface area (Å²) < 4.78 is 32.6. The zero-order valence-corrected chi connectivity index (χ0v) is 12.1. The molecular formula is C13H24N2O3S. The highest BCUT2D eigenvalue weighted by Crippen LogP contribution is 2.38. The third-order valence-corrected chi connectivity index (χ3v) is 5.64. The van der Waals surface area contributed by atoms with E-state index in [0.717, 1.165) is 13.0 Å². The molecule has 3 aliphatic rings. The van der Waals surface area contributed by atoms with E-state index in [4.69, 9.17) is 4.74 Å². The Labute approximate surface area is 115 Å². The van der Waals surface area contributed by atoms with Gasteiger partial charge in [-0.2, -0.15) is 0 Å². The lowest BCUT2D eigenvalue weighted by Gasteiger charge is -2.19. The smallest absolute Gasteiger partial charge is 0.211 e. The van der Waals surface area contributed by atoms with Gasteiger partial charge >= 0.3 is 0 Å². The molecule has 6 heteroatoms. The summed E-state index contributed by atoms with van der Waals surface area (Å²) in [4.78, 5) is 0. The molecule has 1 heterocycles. The third-order valence-electron chi connectivity index (χ3n) is 4.15. The first-order chi connectivity index (χ1) is 9.14. The molecule has 2 unspecified atom stereocenters. The van der Waals surface area contributed by atoms with Gasteiger partial charge in [-0.1, -0.05) is 0 Å². The van der Waals surface area contributed by atoms with Gasteiger partial charge < -0.3 is 10.1 Å². The van der Waals surface area contributed by atoms with Gasteiger partial charge in [-0.05, 0) is 51.0 Å². The minimum Gasteiger partial charge on any atom is -0.376 e. The van der Waals surface area contributed by atoms with Crippen molar-refractivity contribution in [3.8, 4) is 0 Å². The standard InChI is InChI=1S/C13H24N2O3S/c16-19(17,9-1-7-14-11-4-5-11)15-12-6-8-18-13(12)10-2-3-10/h10-15H,1-9H2. The molecule has 3 rings (SSSR count). The Hall–Kier alpha value is -0.170. The fourth-order valence-electron chi connectivity index (χ4n) is 2.77. The predicted molar refractivity (Wildman–Crippen MR) is 73.4 cm³/mol. The van der Waals surface area contributed by atoms with Crippen molar-refractivity contribution in [2.75, 3.05) is 18.9 Å². The predicted octanol–water partition coefficient (Wildman–Crippen LogP) is 0.615. The van der Waals surface area contributed by atoms with E-state index in [1.807, 2.05) is 0 Å². The van der Waals surface area contributed by atoms with E-state index in [0.29, 0.717) is 25.0 Å². The van der Waals surface area contributed by atoms with Crippen LogP contribution in [0.15, 0.2) is 0 Å². The van der Waals surface area contributed by atoms with Gasteiger partial charge in [-0.3, -0.25) is 0 Å². The van der Waals surface area contributed by atoms with Gasteiger partial charge in [0, 0.05) is 12.6 Å². The average molecular weight is 288 g/mol. The van der Waals surface area contributed by atoms with Gasteiger partial charge in [0.25, 0.3) is 0 Å². The SMILES string of the molecule is O=S(=O)(CCCNC1CC1)NC1CCOC1C1CC1. The third kappa shape index (κ3) is 4.15. The van der Waals surface area contributed by atoms with E-state index in [9.17, 15) is 8.42 Å². The second kappa shape index (κ2) is 5.68. The molecule has 2 N–H and O–H groups in total. The van der Waals surface area contributed by atoms with Crippen molar-refractivity contribution in [3.63, 3.8) is 0 Å². The Balaban J connectivity index is 1.41. The van der Waals surface area contributed by atoms with Crippen LogP contribution in [-0.2, 0) is 14.8 Å². The zero-order chi connectivity index (χ0) is 13.3. The molecule has 1 saturated heterocycles. The van der Waals surface area contributed by atoms with Gasteiger partial charge in [-0.25, -0.2) is 13.1 Å². The molecule has 0 bridgehead atoms. The summed E-state index contributed by atoms with van der Waals surface area (Å²) >= 11 is 0. The van der Waals surface area contributed by atoms with Crippen molar-refractivity contribution < 1.29 is 13.2 Å². The first-order valence-corrected chi connectivity index (χ1v) is 9.14. The van der Waals surface area contributed by atoms with Crippen LogP contribution in [0, 0.1) is 5.92 Å². The Kier molecular flexibility index (Phi) is 4.12. The lowest BCUT2D eigenvalue weighted by atomic mass is 10.1.